The fourth-order valence-corrected chi connectivity index (χ4v) is 3.98. The summed E-state index contributed by atoms with van der Waals surface area (Å²) < 4.78 is 12.4. The van der Waals surface area contributed by atoms with Crippen LogP contribution in [0.3, 0.4) is 0 Å². The number of hydrogen-bond donors (Lipinski definition) is 2. The van der Waals surface area contributed by atoms with Crippen molar-refractivity contribution in [2.75, 3.05) is 13.2 Å². The molecule has 3 aromatic rings. The molecule has 3 unspecified atom stereocenters. The van der Waals surface area contributed by atoms with Crippen molar-refractivity contribution in [3.05, 3.63) is 108 Å². The van der Waals surface area contributed by atoms with E-state index < -0.39 is 23.9 Å². The second-order valence-corrected chi connectivity index (χ2v) is 7.35. The molecule has 0 amide bonds. The third-order valence-electron chi connectivity index (χ3n) is 5.53. The van der Waals surface area contributed by atoms with Crippen LogP contribution in [0.5, 0.6) is 0 Å². The van der Waals surface area contributed by atoms with Gasteiger partial charge in [0.1, 0.15) is 17.8 Å². The molecule has 0 bridgehead atoms. The van der Waals surface area contributed by atoms with Crippen molar-refractivity contribution in [1.29, 1.82) is 0 Å². The van der Waals surface area contributed by atoms with Gasteiger partial charge in [-0.3, -0.25) is 0 Å². The topological polar surface area (TPSA) is 58.9 Å². The molecule has 1 heterocycles. The number of aliphatic hydroxyl groups excluding tert-OH is 2. The molecule has 3 atom stereocenters. The van der Waals surface area contributed by atoms with Crippen molar-refractivity contribution in [3.63, 3.8) is 0 Å². The highest BCUT2D eigenvalue weighted by Crippen LogP contribution is 2.40. The zero-order valence-electron chi connectivity index (χ0n) is 16.2. The molecular formula is C25H26O4. The molecule has 3 aromatic carbocycles. The first-order valence-electron chi connectivity index (χ1n) is 10.00. The summed E-state index contributed by atoms with van der Waals surface area (Å²) in [7, 11) is 0. The number of rotatable bonds is 6. The normalized spacial score (nSPS) is 22.3. The number of hydrogen-bond acceptors (Lipinski definition) is 4. The van der Waals surface area contributed by atoms with E-state index in [2.05, 4.69) is 0 Å². The van der Waals surface area contributed by atoms with Crippen LogP contribution in [0.1, 0.15) is 23.1 Å². The predicted octanol–water partition coefficient (Wildman–Crippen LogP) is 3.51. The van der Waals surface area contributed by atoms with Crippen LogP contribution in [0.4, 0.5) is 0 Å². The van der Waals surface area contributed by atoms with Gasteiger partial charge in [-0.05, 0) is 23.1 Å². The third kappa shape index (κ3) is 3.98. The van der Waals surface area contributed by atoms with Crippen molar-refractivity contribution in [3.8, 4) is 0 Å². The zero-order valence-corrected chi connectivity index (χ0v) is 16.2. The van der Waals surface area contributed by atoms with E-state index in [1.165, 1.54) is 0 Å². The lowest BCUT2D eigenvalue weighted by atomic mass is 9.80. The van der Waals surface area contributed by atoms with E-state index in [4.69, 9.17) is 9.47 Å². The van der Waals surface area contributed by atoms with Crippen LogP contribution in [0.25, 0.3) is 0 Å². The van der Waals surface area contributed by atoms with Crippen LogP contribution < -0.4 is 0 Å². The highest BCUT2D eigenvalue weighted by Gasteiger charge is 2.40. The van der Waals surface area contributed by atoms with Crippen molar-refractivity contribution < 1.29 is 19.7 Å². The lowest BCUT2D eigenvalue weighted by Crippen LogP contribution is -2.48. The highest BCUT2D eigenvalue weighted by atomic mass is 16.6. The lowest BCUT2D eigenvalue weighted by molar-refractivity contribution is -0.167. The Labute approximate surface area is 171 Å². The monoisotopic (exact) mass is 390 g/mol. The van der Waals surface area contributed by atoms with E-state index in [1.54, 1.807) is 0 Å². The minimum atomic E-state index is -0.969. The summed E-state index contributed by atoms with van der Waals surface area (Å²) in [4.78, 5) is 0. The molecule has 0 aromatic heterocycles. The first kappa shape index (κ1) is 19.8. The molecule has 1 aliphatic heterocycles. The fraction of sp³-hybridized carbons (Fsp3) is 0.280. The van der Waals surface area contributed by atoms with Gasteiger partial charge in [0, 0.05) is 6.61 Å². The Bertz CT molecular complexity index is 786. The highest BCUT2D eigenvalue weighted by molar-refractivity contribution is 5.47. The second-order valence-electron chi connectivity index (χ2n) is 7.35. The van der Waals surface area contributed by atoms with Gasteiger partial charge in [0.2, 0.25) is 0 Å². The molecule has 4 rings (SSSR count). The molecule has 0 saturated carbocycles. The summed E-state index contributed by atoms with van der Waals surface area (Å²) in [5.74, 6) is 0. The molecule has 0 spiro atoms. The minimum absolute atomic E-state index is 0.150. The van der Waals surface area contributed by atoms with Gasteiger partial charge >= 0.3 is 0 Å². The van der Waals surface area contributed by atoms with Gasteiger partial charge in [0.15, 0.2) is 0 Å². The quantitative estimate of drug-likeness (QED) is 0.633. The summed E-state index contributed by atoms with van der Waals surface area (Å²) in [6, 6.07) is 30.2. The summed E-state index contributed by atoms with van der Waals surface area (Å²) in [5, 5.41) is 20.4. The second kappa shape index (κ2) is 8.89. The SMILES string of the molecule is OC1CCOC(COC(c2ccccc2)(c2ccccc2)c2ccccc2)C1O. The maximum absolute atomic E-state index is 10.4. The number of aliphatic hydroxyl groups is 2. The lowest BCUT2D eigenvalue weighted by Gasteiger charge is -2.39. The maximum Gasteiger partial charge on any atom is 0.143 e. The van der Waals surface area contributed by atoms with Crippen LogP contribution in [0.2, 0.25) is 0 Å². The van der Waals surface area contributed by atoms with E-state index >= 15 is 0 Å². The Morgan fingerprint density at radius 2 is 1.21 bits per heavy atom. The van der Waals surface area contributed by atoms with Gasteiger partial charge in [0.05, 0.1) is 12.7 Å². The third-order valence-corrected chi connectivity index (χ3v) is 5.53. The first-order valence-corrected chi connectivity index (χ1v) is 10.00. The largest absolute Gasteiger partial charge is 0.390 e. The Balaban J connectivity index is 1.80. The number of ether oxygens (including phenoxy) is 2. The van der Waals surface area contributed by atoms with Crippen molar-refractivity contribution in [2.24, 2.45) is 0 Å². The van der Waals surface area contributed by atoms with Crippen molar-refractivity contribution >= 4 is 0 Å². The Hall–Kier alpha value is -2.50. The zero-order chi connectivity index (χ0) is 20.1. The van der Waals surface area contributed by atoms with Crippen LogP contribution in [-0.2, 0) is 15.1 Å². The molecule has 1 aliphatic rings. The molecule has 4 heteroatoms. The van der Waals surface area contributed by atoms with Gasteiger partial charge < -0.3 is 19.7 Å². The Kier molecular flexibility index (Phi) is 6.07. The van der Waals surface area contributed by atoms with Crippen LogP contribution in [0, 0.1) is 0 Å². The standard InChI is InChI=1S/C25H26O4/c26-22-16-17-28-23(24(22)27)18-29-25(19-10-4-1-5-11-19,20-12-6-2-7-13-20)21-14-8-3-9-15-21/h1-15,22-24,26-27H,16-18H2. The molecule has 2 N–H and O–H groups in total. The molecule has 1 fully saturated rings. The van der Waals surface area contributed by atoms with Crippen LogP contribution >= 0.6 is 0 Å². The predicted molar refractivity (Wildman–Crippen MR) is 112 cm³/mol. The van der Waals surface area contributed by atoms with Crippen LogP contribution in [0.15, 0.2) is 91.0 Å². The van der Waals surface area contributed by atoms with Gasteiger partial charge in [-0.15, -0.1) is 0 Å². The molecule has 29 heavy (non-hydrogen) atoms. The Morgan fingerprint density at radius 1 is 0.759 bits per heavy atom. The van der Waals surface area contributed by atoms with Gasteiger partial charge in [0.25, 0.3) is 0 Å². The van der Waals surface area contributed by atoms with Gasteiger partial charge in [-0.1, -0.05) is 91.0 Å². The smallest absolute Gasteiger partial charge is 0.143 e. The van der Waals surface area contributed by atoms with Gasteiger partial charge in [-0.2, -0.15) is 0 Å². The average Bonchev–Trinajstić information content (AvgIpc) is 2.79. The van der Waals surface area contributed by atoms with Crippen LogP contribution in [-0.4, -0.2) is 41.7 Å². The number of benzene rings is 3. The van der Waals surface area contributed by atoms with Crippen molar-refractivity contribution in [2.45, 2.75) is 30.3 Å². The molecular weight excluding hydrogens is 364 g/mol. The molecule has 0 aliphatic carbocycles. The van der Waals surface area contributed by atoms with Gasteiger partial charge in [-0.25, -0.2) is 0 Å². The van der Waals surface area contributed by atoms with E-state index in [1.807, 2.05) is 91.0 Å². The van der Waals surface area contributed by atoms with Crippen molar-refractivity contribution in [1.82, 2.24) is 0 Å². The van der Waals surface area contributed by atoms with E-state index in [9.17, 15) is 10.2 Å². The summed E-state index contributed by atoms with van der Waals surface area (Å²) >= 11 is 0. The van der Waals surface area contributed by atoms with E-state index in [-0.39, 0.29) is 6.61 Å². The average molecular weight is 390 g/mol. The van der Waals surface area contributed by atoms with E-state index in [0.29, 0.717) is 13.0 Å². The summed E-state index contributed by atoms with van der Waals surface area (Å²) in [5.41, 5.74) is 2.10. The maximum atomic E-state index is 10.4. The molecule has 150 valence electrons. The summed E-state index contributed by atoms with van der Waals surface area (Å²) in [6.45, 7) is 0.554. The Morgan fingerprint density at radius 3 is 1.66 bits per heavy atom. The molecule has 0 radical (unpaired) electrons. The molecule has 1 saturated heterocycles. The fourth-order valence-electron chi connectivity index (χ4n) is 3.98. The van der Waals surface area contributed by atoms with E-state index in [0.717, 1.165) is 16.7 Å². The summed E-state index contributed by atoms with van der Waals surface area (Å²) in [6.07, 6.45) is -1.92. The minimum Gasteiger partial charge on any atom is -0.390 e. The first-order chi connectivity index (χ1) is 14.2. The molecule has 4 nitrogen and oxygen atoms in total.